The Morgan fingerprint density at radius 3 is 1.71 bits per heavy atom. The third-order valence-corrected chi connectivity index (χ3v) is 23.3. The molecule has 13 amide bonds. The minimum absolute atomic E-state index is 0.00460. The maximum absolute atomic E-state index is 14.8. The van der Waals surface area contributed by atoms with E-state index in [0.29, 0.717) is 135 Å². The molecule has 2 heterocycles. The Kier molecular flexibility index (Phi) is 57.0. The first-order valence-electron chi connectivity index (χ1n) is 47.9. The number of nitrogens with one attached hydrogen (secondary N) is 6. The SMILES string of the molecule is C/C=C(\C)[C@H]1OC(=O)[C@@H](C)NC(=O)[C@H](C(C)CC)NC(=O)CN(C)C(=O)[C@@H](Cc2ccc(OC(=O)N(C)CCN(C)C(=O)OCc3ccc(NC(=O)[C@H](CCCNC(N)=O)NC(=O)[C@@H](CC(=O)CCOCCOCCOCCOCCOCCOCCOCCOCCCCC(=O)CCN4C(=O)CC(C)C4=O)C(C)C)cc3)cc2)N(C)C(=O)[C@H](C)NC(=O)[C@@H](CC(C)C)OC(=O)/C(C)=C/CC[C@@H]1C. The van der Waals surface area contributed by atoms with Crippen LogP contribution in [-0.4, -0.2) is 328 Å². The van der Waals surface area contributed by atoms with Gasteiger partial charge in [-0.05, 0) is 144 Å². The van der Waals surface area contributed by atoms with E-state index >= 15 is 0 Å². The number of rotatable bonds is 56. The van der Waals surface area contributed by atoms with Gasteiger partial charge in [0.05, 0.1) is 106 Å². The summed E-state index contributed by atoms with van der Waals surface area (Å²) in [6.45, 7) is 27.8. The van der Waals surface area contributed by atoms with Crippen molar-refractivity contribution < 1.29 is 134 Å². The number of nitrogens with two attached hydrogens (primary N) is 1. The lowest BCUT2D eigenvalue weighted by Crippen LogP contribution is -2.57. The van der Waals surface area contributed by atoms with Crippen LogP contribution in [0.25, 0.3) is 0 Å². The van der Waals surface area contributed by atoms with Gasteiger partial charge in [0.15, 0.2) is 6.10 Å². The number of carbonyl (C=O) groups is 16. The molecule has 4 rings (SSSR count). The van der Waals surface area contributed by atoms with Gasteiger partial charge < -0.3 is 114 Å². The van der Waals surface area contributed by atoms with Crippen molar-refractivity contribution in [2.75, 3.05) is 172 Å². The third kappa shape index (κ3) is 46.3. The molecule has 1 saturated heterocycles. The van der Waals surface area contributed by atoms with Crippen molar-refractivity contribution in [1.82, 2.24) is 51.1 Å². The number of imide groups is 1. The highest BCUT2D eigenvalue weighted by Crippen LogP contribution is 2.27. The van der Waals surface area contributed by atoms with Crippen LogP contribution in [0.3, 0.4) is 0 Å². The van der Waals surface area contributed by atoms with Crippen LogP contribution in [0.2, 0.25) is 0 Å². The van der Waals surface area contributed by atoms with Gasteiger partial charge in [0.2, 0.25) is 47.3 Å². The predicted octanol–water partition coefficient (Wildman–Crippen LogP) is 7.12. The number of hydrogen-bond acceptors (Lipinski definition) is 28. The summed E-state index contributed by atoms with van der Waals surface area (Å²) in [5, 5.41) is 16.2. The molecular weight excluding hydrogens is 1790 g/mol. The number of benzene rings is 2. The Bertz CT molecular complexity index is 4250. The number of ketones is 2. The molecule has 138 heavy (non-hydrogen) atoms. The fourth-order valence-corrected chi connectivity index (χ4v) is 14.3. The van der Waals surface area contributed by atoms with Crippen LogP contribution < -0.4 is 42.4 Å². The van der Waals surface area contributed by atoms with Crippen LogP contribution in [0.15, 0.2) is 71.8 Å². The van der Waals surface area contributed by atoms with E-state index in [9.17, 15) is 76.7 Å². The molecule has 40 heteroatoms. The van der Waals surface area contributed by atoms with Crippen molar-refractivity contribution in [3.63, 3.8) is 0 Å². The summed E-state index contributed by atoms with van der Waals surface area (Å²) in [7, 11) is 5.64. The molecule has 0 aromatic heterocycles. The fourth-order valence-electron chi connectivity index (χ4n) is 14.3. The summed E-state index contributed by atoms with van der Waals surface area (Å²) < 4.78 is 67.5. The normalized spacial score (nSPS) is 19.9. The first-order valence-corrected chi connectivity index (χ1v) is 47.9. The Morgan fingerprint density at radius 2 is 1.17 bits per heavy atom. The molecular formula is C98H154N12O28. The number of ether oxygens (including phenoxy) is 12. The standard InChI is InChI=1S/C98H154N12O28/c1-18-66(7)85-90(118)102-72(13)95(123)138-86(67(8)19-2)68(9)24-22-25-69(10)94(122)137-82(58-64(3)4)89(117)101-71(12)92(120)109(17)81(93(121)108(16)62-83(113)105-85)60-73-30-34-78(35-31-73)136-98(126)107(15)41-40-106(14)97(125)135-63-74-28-32-75(33-29-74)103-88(116)80(27-23-38-100-96(99)124)104-87(115)79(65(5)6)61-77(112)37-43-128-45-47-130-49-51-132-53-55-134-57-56-133-54-52-131-50-48-129-46-44-127-42-21-20-26-76(111)36-39-110-84(114)59-70(11)91(110)119/h19,25,28-35,64-66,68,70-72,79-82,85-86H,18,20-24,26-27,36-63H2,1-17H3,(H,101,117)(H,102,118)(H,103,116)(H,104,115)(H,105,113)(H3,99,100,124)/b67-19+,69-25+/t66?,68-,70?,71-,72+,79-,80-,81+,82+,85-,86+/m0/s1. The molecule has 0 spiro atoms. The van der Waals surface area contributed by atoms with Crippen LogP contribution in [-0.2, 0) is 127 Å². The smallest absolute Gasteiger partial charge is 0.415 e. The van der Waals surface area contributed by atoms with Gasteiger partial charge in [-0.25, -0.2) is 24.0 Å². The molecule has 2 unspecified atom stereocenters. The summed E-state index contributed by atoms with van der Waals surface area (Å²) in [5.41, 5.74) is 7.62. The molecule has 1 fully saturated rings. The van der Waals surface area contributed by atoms with Crippen LogP contribution in [0.5, 0.6) is 5.75 Å². The van der Waals surface area contributed by atoms with Gasteiger partial charge in [-0.3, -0.25) is 57.6 Å². The minimum Gasteiger partial charge on any atom is -0.456 e. The highest BCUT2D eigenvalue weighted by Gasteiger charge is 2.39. The molecule has 0 saturated carbocycles. The van der Waals surface area contributed by atoms with Crippen LogP contribution in [0, 0.1) is 35.5 Å². The highest BCUT2D eigenvalue weighted by atomic mass is 16.6. The quantitative estimate of drug-likeness (QED) is 0.0114. The number of carbonyl (C=O) groups excluding carboxylic acids is 16. The molecule has 0 radical (unpaired) electrons. The summed E-state index contributed by atoms with van der Waals surface area (Å²) in [5.74, 6) is -8.89. The molecule has 40 nitrogen and oxygen atoms in total. The average molecular weight is 1950 g/mol. The maximum atomic E-state index is 14.8. The van der Waals surface area contributed by atoms with Gasteiger partial charge in [0.1, 0.15) is 60.2 Å². The van der Waals surface area contributed by atoms with Gasteiger partial charge in [0, 0.05) is 123 Å². The fraction of sp³-hybridized carbons (Fsp3) is 0.673. The predicted molar refractivity (Wildman–Crippen MR) is 510 cm³/mol. The number of anilines is 1. The lowest BCUT2D eigenvalue weighted by Gasteiger charge is -2.33. The Morgan fingerprint density at radius 1 is 0.623 bits per heavy atom. The zero-order valence-electron chi connectivity index (χ0n) is 84.0. The second-order valence-electron chi connectivity index (χ2n) is 35.7. The summed E-state index contributed by atoms with van der Waals surface area (Å²) in [4.78, 5) is 220. The van der Waals surface area contributed by atoms with E-state index in [2.05, 4.69) is 31.9 Å². The first kappa shape index (κ1) is 119. The highest BCUT2D eigenvalue weighted by molar-refractivity contribution is 6.04. The lowest BCUT2D eigenvalue weighted by molar-refractivity contribution is -0.154. The van der Waals surface area contributed by atoms with Crippen LogP contribution in [0.1, 0.15) is 185 Å². The summed E-state index contributed by atoms with van der Waals surface area (Å²) in [6, 6.07) is 5.69. The second-order valence-corrected chi connectivity index (χ2v) is 35.7. The zero-order chi connectivity index (χ0) is 102. The van der Waals surface area contributed by atoms with Crippen molar-refractivity contribution in [3.8, 4) is 5.75 Å². The van der Waals surface area contributed by atoms with E-state index < -0.39 is 132 Å². The molecule has 8 N–H and O–H groups in total. The molecule has 2 aromatic rings. The number of likely N-dealkylation sites (tertiary alicyclic amines) is 1. The number of Topliss-reactive ketones (excluding diaryl/α,β-unsaturated/α-hetero) is 2. The molecule has 2 aromatic carbocycles. The van der Waals surface area contributed by atoms with Crippen molar-refractivity contribution in [2.45, 2.75) is 229 Å². The summed E-state index contributed by atoms with van der Waals surface area (Å²) >= 11 is 0. The van der Waals surface area contributed by atoms with E-state index in [-0.39, 0.29) is 162 Å². The Labute approximate surface area is 812 Å². The van der Waals surface area contributed by atoms with E-state index in [4.69, 9.17) is 62.6 Å². The maximum Gasteiger partial charge on any atom is 0.415 e. The molecule has 0 aliphatic carbocycles. The van der Waals surface area contributed by atoms with Gasteiger partial charge in [0.25, 0.3) is 5.91 Å². The van der Waals surface area contributed by atoms with Crippen LogP contribution >= 0.6 is 0 Å². The first-order chi connectivity index (χ1) is 65.7. The number of esters is 2. The van der Waals surface area contributed by atoms with E-state index in [1.54, 1.807) is 77.1 Å². The number of amides is 13. The van der Waals surface area contributed by atoms with Crippen molar-refractivity contribution in [2.24, 2.45) is 41.2 Å². The van der Waals surface area contributed by atoms with Crippen molar-refractivity contribution in [3.05, 3.63) is 83.0 Å². The van der Waals surface area contributed by atoms with E-state index in [1.165, 1.54) is 68.9 Å². The molecule has 11 atom stereocenters. The molecule has 0 bridgehead atoms. The Balaban J connectivity index is 1.20. The monoisotopic (exact) mass is 1950 g/mol. The van der Waals surface area contributed by atoms with Gasteiger partial charge in [-0.1, -0.05) is 98.2 Å². The molecule has 2 aliphatic rings. The number of allylic oxidation sites excluding steroid dienone is 2. The molecule has 774 valence electrons. The Hall–Kier alpha value is -10.9. The average Bonchev–Trinajstić information content (AvgIpc) is 1.21. The number of nitrogens with zero attached hydrogens (tertiary/aromatic N) is 5. The number of primary amides is 1. The summed E-state index contributed by atoms with van der Waals surface area (Å²) in [6.07, 6.45) is 3.61. The second kappa shape index (κ2) is 65.9. The van der Waals surface area contributed by atoms with Gasteiger partial charge in [-0.2, -0.15) is 0 Å². The van der Waals surface area contributed by atoms with Crippen molar-refractivity contribution >= 4 is 101 Å². The zero-order valence-corrected chi connectivity index (χ0v) is 84.0. The number of unbranched alkanes of at least 4 members (excludes halogenated alkanes) is 1. The van der Waals surface area contributed by atoms with E-state index in [1.807, 2.05) is 47.6 Å². The number of urea groups is 1. The third-order valence-electron chi connectivity index (χ3n) is 23.3. The van der Waals surface area contributed by atoms with Crippen LogP contribution in [0.4, 0.5) is 20.1 Å². The topological polar surface area (TPSA) is 498 Å². The van der Waals surface area contributed by atoms with Crippen molar-refractivity contribution in [1.29, 1.82) is 0 Å². The van der Waals surface area contributed by atoms with Gasteiger partial charge in [-0.15, -0.1) is 0 Å². The largest absolute Gasteiger partial charge is 0.456 e. The number of likely N-dealkylation sites (N-methyl/N-ethyl adjacent to an activating group) is 4. The lowest BCUT2D eigenvalue weighted by atomic mass is 9.88. The number of hydrogen-bond donors (Lipinski definition) is 7. The number of cyclic esters (lactones) is 2. The molecule has 2 aliphatic heterocycles. The van der Waals surface area contributed by atoms with E-state index in [0.717, 1.165) is 21.8 Å². The minimum atomic E-state index is -1.34. The van der Waals surface area contributed by atoms with Gasteiger partial charge >= 0.3 is 30.2 Å².